The Hall–Kier alpha value is -3.55. The Balaban J connectivity index is 1.54. The summed E-state index contributed by atoms with van der Waals surface area (Å²) in [4.78, 5) is 45.5. The summed E-state index contributed by atoms with van der Waals surface area (Å²) in [5.74, 6) is 0.549. The van der Waals surface area contributed by atoms with Crippen LogP contribution < -0.4 is 9.64 Å². The molecule has 0 saturated carbocycles. The summed E-state index contributed by atoms with van der Waals surface area (Å²) in [5, 5.41) is 10.2. The number of ether oxygens (including phenoxy) is 1. The number of para-hydroxylation sites is 2. The number of amides is 3. The number of anilines is 1. The van der Waals surface area contributed by atoms with Crippen LogP contribution in [0.25, 0.3) is 0 Å². The summed E-state index contributed by atoms with van der Waals surface area (Å²) in [7, 11) is 1.57. The lowest BCUT2D eigenvalue weighted by Gasteiger charge is -2.38. The number of phenolic OH excluding ortho intramolecular Hbond substituents is 1. The van der Waals surface area contributed by atoms with Gasteiger partial charge in [-0.15, -0.1) is 0 Å². The SMILES string of the molecule is COc1ccc(C2(CC(=O)N3CCN(c4ccccc4O)CC3)CC(=O)N(CCC(C)C)C2=O)cc1. The average molecular weight is 494 g/mol. The van der Waals surface area contributed by atoms with Crippen molar-refractivity contribution in [2.45, 2.75) is 38.5 Å². The molecule has 0 bridgehead atoms. The number of likely N-dealkylation sites (tertiary alicyclic amines) is 1. The molecule has 1 unspecified atom stereocenters. The van der Waals surface area contributed by atoms with Crippen LogP contribution in [-0.4, -0.2) is 72.5 Å². The zero-order valence-electron chi connectivity index (χ0n) is 21.3. The van der Waals surface area contributed by atoms with Crippen molar-refractivity contribution in [1.29, 1.82) is 0 Å². The lowest BCUT2D eigenvalue weighted by molar-refractivity contribution is -0.143. The van der Waals surface area contributed by atoms with Gasteiger partial charge in [0, 0.05) is 45.6 Å². The van der Waals surface area contributed by atoms with Crippen molar-refractivity contribution in [1.82, 2.24) is 9.80 Å². The van der Waals surface area contributed by atoms with E-state index in [1.165, 1.54) is 4.90 Å². The lowest BCUT2D eigenvalue weighted by atomic mass is 9.75. The maximum Gasteiger partial charge on any atom is 0.240 e. The van der Waals surface area contributed by atoms with Crippen molar-refractivity contribution in [3.63, 3.8) is 0 Å². The Morgan fingerprint density at radius 1 is 1.03 bits per heavy atom. The second-order valence-corrected chi connectivity index (χ2v) is 10.1. The fourth-order valence-electron chi connectivity index (χ4n) is 5.09. The summed E-state index contributed by atoms with van der Waals surface area (Å²) >= 11 is 0. The molecule has 0 spiro atoms. The molecule has 0 radical (unpaired) electrons. The van der Waals surface area contributed by atoms with E-state index in [0.717, 1.165) is 12.1 Å². The monoisotopic (exact) mass is 493 g/mol. The quantitative estimate of drug-likeness (QED) is 0.568. The fourth-order valence-corrected chi connectivity index (χ4v) is 5.09. The molecule has 0 aliphatic carbocycles. The lowest BCUT2D eigenvalue weighted by Crippen LogP contribution is -2.51. The number of imide groups is 1. The summed E-state index contributed by atoms with van der Waals surface area (Å²) in [6.07, 6.45) is 0.650. The van der Waals surface area contributed by atoms with Crippen molar-refractivity contribution in [2.75, 3.05) is 44.7 Å². The van der Waals surface area contributed by atoms with Crippen LogP contribution in [0.2, 0.25) is 0 Å². The van der Waals surface area contributed by atoms with Crippen LogP contribution in [0.3, 0.4) is 0 Å². The average Bonchev–Trinajstić information content (AvgIpc) is 3.12. The Bertz CT molecular complexity index is 1110. The molecule has 2 aliphatic heterocycles. The van der Waals surface area contributed by atoms with Gasteiger partial charge in [-0.25, -0.2) is 0 Å². The molecule has 1 atom stereocenters. The minimum Gasteiger partial charge on any atom is -0.506 e. The van der Waals surface area contributed by atoms with E-state index in [1.807, 2.05) is 12.1 Å². The number of aromatic hydroxyl groups is 1. The summed E-state index contributed by atoms with van der Waals surface area (Å²) in [5.41, 5.74) is 0.193. The zero-order valence-corrected chi connectivity index (χ0v) is 21.3. The first kappa shape index (κ1) is 25.5. The highest BCUT2D eigenvalue weighted by atomic mass is 16.5. The standard InChI is InChI=1S/C28H35N3O5/c1-20(2)12-13-31-26(34)19-28(27(31)35,21-8-10-22(36-3)11-9-21)18-25(33)30-16-14-29(15-17-30)23-6-4-5-7-24(23)32/h4-11,20,32H,12-19H2,1-3H3. The molecule has 2 aromatic rings. The van der Waals surface area contributed by atoms with Crippen LogP contribution in [0.5, 0.6) is 11.5 Å². The molecular formula is C28H35N3O5. The van der Waals surface area contributed by atoms with Crippen molar-refractivity contribution < 1.29 is 24.2 Å². The highest BCUT2D eigenvalue weighted by Gasteiger charge is 2.54. The number of nitrogens with zero attached hydrogens (tertiary/aromatic N) is 3. The van der Waals surface area contributed by atoms with Gasteiger partial charge in [-0.1, -0.05) is 38.1 Å². The van der Waals surface area contributed by atoms with E-state index in [4.69, 9.17) is 4.74 Å². The predicted molar refractivity (Wildman–Crippen MR) is 137 cm³/mol. The number of benzene rings is 2. The maximum atomic E-state index is 13.8. The molecule has 8 heteroatoms. The maximum absolute atomic E-state index is 13.8. The number of piperazine rings is 1. The van der Waals surface area contributed by atoms with E-state index in [9.17, 15) is 19.5 Å². The van der Waals surface area contributed by atoms with E-state index in [-0.39, 0.29) is 36.3 Å². The van der Waals surface area contributed by atoms with Crippen LogP contribution >= 0.6 is 0 Å². The molecule has 2 fully saturated rings. The molecule has 4 rings (SSSR count). The zero-order chi connectivity index (χ0) is 25.9. The summed E-state index contributed by atoms with van der Waals surface area (Å²) in [6.45, 7) is 6.58. The Labute approximate surface area is 212 Å². The molecule has 8 nitrogen and oxygen atoms in total. The van der Waals surface area contributed by atoms with E-state index < -0.39 is 5.41 Å². The van der Waals surface area contributed by atoms with Crippen molar-refractivity contribution in [3.05, 3.63) is 54.1 Å². The van der Waals surface area contributed by atoms with Crippen LogP contribution in [0.15, 0.2) is 48.5 Å². The highest BCUT2D eigenvalue weighted by Crippen LogP contribution is 2.41. The number of hydrogen-bond donors (Lipinski definition) is 1. The Morgan fingerprint density at radius 2 is 1.69 bits per heavy atom. The van der Waals surface area contributed by atoms with Gasteiger partial charge in [0.15, 0.2) is 0 Å². The van der Waals surface area contributed by atoms with Gasteiger partial charge >= 0.3 is 0 Å². The molecule has 36 heavy (non-hydrogen) atoms. The smallest absolute Gasteiger partial charge is 0.240 e. The van der Waals surface area contributed by atoms with Gasteiger partial charge in [0.1, 0.15) is 11.5 Å². The molecule has 0 aromatic heterocycles. The number of hydrogen-bond acceptors (Lipinski definition) is 6. The number of rotatable bonds is 8. The molecule has 1 N–H and O–H groups in total. The minimum atomic E-state index is -1.22. The van der Waals surface area contributed by atoms with Crippen LogP contribution in [0.4, 0.5) is 5.69 Å². The molecule has 2 saturated heterocycles. The number of methoxy groups -OCH3 is 1. The molecule has 192 valence electrons. The highest BCUT2D eigenvalue weighted by molar-refractivity contribution is 6.10. The molecule has 2 aliphatic rings. The first-order valence-electron chi connectivity index (χ1n) is 12.5. The first-order chi connectivity index (χ1) is 17.2. The first-order valence-corrected chi connectivity index (χ1v) is 12.5. The second kappa shape index (κ2) is 10.6. The topological polar surface area (TPSA) is 90.4 Å². The third-order valence-corrected chi connectivity index (χ3v) is 7.29. The largest absolute Gasteiger partial charge is 0.506 e. The number of phenols is 1. The van der Waals surface area contributed by atoms with Crippen LogP contribution in [-0.2, 0) is 19.8 Å². The van der Waals surface area contributed by atoms with Gasteiger partial charge in [0.2, 0.25) is 17.7 Å². The minimum absolute atomic E-state index is 0.0140. The van der Waals surface area contributed by atoms with E-state index in [1.54, 1.807) is 48.4 Å². The summed E-state index contributed by atoms with van der Waals surface area (Å²) < 4.78 is 5.27. The number of carbonyl (C=O) groups is 3. The third-order valence-electron chi connectivity index (χ3n) is 7.29. The second-order valence-electron chi connectivity index (χ2n) is 10.1. The molecule has 2 heterocycles. The van der Waals surface area contributed by atoms with E-state index in [0.29, 0.717) is 50.0 Å². The van der Waals surface area contributed by atoms with E-state index in [2.05, 4.69) is 18.7 Å². The molecule has 3 amide bonds. The Morgan fingerprint density at radius 3 is 2.31 bits per heavy atom. The van der Waals surface area contributed by atoms with Crippen LogP contribution in [0.1, 0.15) is 38.7 Å². The van der Waals surface area contributed by atoms with Crippen LogP contribution in [0, 0.1) is 5.92 Å². The normalized spacial score (nSPS) is 20.4. The third kappa shape index (κ3) is 5.03. The predicted octanol–water partition coefficient (Wildman–Crippen LogP) is 3.18. The van der Waals surface area contributed by atoms with Gasteiger partial charge in [-0.2, -0.15) is 0 Å². The summed E-state index contributed by atoms with van der Waals surface area (Å²) in [6, 6.07) is 14.3. The molecule has 2 aromatic carbocycles. The van der Waals surface area contributed by atoms with E-state index >= 15 is 0 Å². The molecular weight excluding hydrogens is 458 g/mol. The van der Waals surface area contributed by atoms with Gasteiger partial charge in [-0.3, -0.25) is 19.3 Å². The van der Waals surface area contributed by atoms with Gasteiger partial charge in [-0.05, 0) is 42.2 Å². The van der Waals surface area contributed by atoms with Crippen molar-refractivity contribution in [2.24, 2.45) is 5.92 Å². The van der Waals surface area contributed by atoms with Gasteiger partial charge in [0.05, 0.1) is 18.2 Å². The number of carbonyl (C=O) groups excluding carboxylic acids is 3. The van der Waals surface area contributed by atoms with Gasteiger partial charge in [0.25, 0.3) is 0 Å². The Kier molecular flexibility index (Phi) is 7.52. The fraction of sp³-hybridized carbons (Fsp3) is 0.464. The van der Waals surface area contributed by atoms with Crippen molar-refractivity contribution in [3.8, 4) is 11.5 Å². The van der Waals surface area contributed by atoms with Crippen molar-refractivity contribution >= 4 is 23.4 Å². The van der Waals surface area contributed by atoms with Gasteiger partial charge < -0.3 is 19.6 Å².